The van der Waals surface area contributed by atoms with Crippen LogP contribution >= 0.6 is 15.9 Å². The van der Waals surface area contributed by atoms with Crippen LogP contribution in [0.5, 0.6) is 0 Å². The monoisotopic (exact) mass is 583 g/mol. The van der Waals surface area contributed by atoms with Crippen LogP contribution in [0.1, 0.15) is 34.3 Å². The Balaban J connectivity index is 1.30. The first kappa shape index (κ1) is 27.0. The topological polar surface area (TPSA) is 95.6 Å². The molecule has 7 nitrogen and oxygen atoms in total. The highest BCUT2D eigenvalue weighted by Gasteiger charge is 2.31. The van der Waals surface area contributed by atoms with Crippen LogP contribution in [0.4, 0.5) is 5.69 Å². The molecule has 0 unspecified atom stereocenters. The van der Waals surface area contributed by atoms with Crippen molar-refractivity contribution in [1.82, 2.24) is 9.62 Å². The van der Waals surface area contributed by atoms with Gasteiger partial charge in [-0.25, -0.2) is 12.7 Å². The molecule has 1 fully saturated rings. The number of anilines is 1. The first-order chi connectivity index (χ1) is 17.8. The summed E-state index contributed by atoms with van der Waals surface area (Å²) in [5, 5.41) is 5.82. The van der Waals surface area contributed by atoms with Gasteiger partial charge in [0.05, 0.1) is 17.0 Å². The molecular formula is C28H30BrN3O4S. The van der Waals surface area contributed by atoms with Gasteiger partial charge in [-0.3, -0.25) is 9.59 Å². The number of benzene rings is 3. The summed E-state index contributed by atoms with van der Waals surface area (Å²) in [4.78, 5) is 25.8. The third kappa shape index (κ3) is 7.50. The maximum absolute atomic E-state index is 13.0. The smallest absolute Gasteiger partial charge is 0.253 e. The van der Waals surface area contributed by atoms with Gasteiger partial charge in [0.1, 0.15) is 0 Å². The third-order valence-corrected chi connectivity index (χ3v) is 8.77. The lowest BCUT2D eigenvalue weighted by atomic mass is 9.97. The summed E-state index contributed by atoms with van der Waals surface area (Å²) < 4.78 is 28.1. The fourth-order valence-corrected chi connectivity index (χ4v) is 6.41. The fourth-order valence-electron chi connectivity index (χ4n) is 4.41. The average Bonchev–Trinajstić information content (AvgIpc) is 2.89. The Morgan fingerprint density at radius 1 is 0.892 bits per heavy atom. The zero-order valence-corrected chi connectivity index (χ0v) is 22.8. The van der Waals surface area contributed by atoms with E-state index in [-0.39, 0.29) is 36.6 Å². The molecule has 1 aliphatic rings. The van der Waals surface area contributed by atoms with Gasteiger partial charge in [0, 0.05) is 30.0 Å². The highest BCUT2D eigenvalue weighted by molar-refractivity contribution is 9.10. The molecule has 0 atom stereocenters. The number of hydrogen-bond donors (Lipinski definition) is 2. The van der Waals surface area contributed by atoms with Gasteiger partial charge in [0.15, 0.2) is 0 Å². The Bertz CT molecular complexity index is 1340. The van der Waals surface area contributed by atoms with Gasteiger partial charge in [-0.15, -0.1) is 0 Å². The predicted octanol–water partition coefficient (Wildman–Crippen LogP) is 4.60. The molecule has 37 heavy (non-hydrogen) atoms. The third-order valence-electron chi connectivity index (χ3n) is 6.43. The van der Waals surface area contributed by atoms with Gasteiger partial charge in [0.25, 0.3) is 5.91 Å². The van der Waals surface area contributed by atoms with Gasteiger partial charge < -0.3 is 10.6 Å². The van der Waals surface area contributed by atoms with Crippen LogP contribution in [0.25, 0.3) is 0 Å². The van der Waals surface area contributed by atoms with E-state index in [4.69, 9.17) is 0 Å². The van der Waals surface area contributed by atoms with Crippen molar-refractivity contribution in [3.05, 3.63) is 100 Å². The van der Waals surface area contributed by atoms with Crippen molar-refractivity contribution < 1.29 is 18.0 Å². The molecule has 1 heterocycles. The summed E-state index contributed by atoms with van der Waals surface area (Å²) >= 11 is 3.37. The molecule has 0 aliphatic carbocycles. The van der Waals surface area contributed by atoms with Crippen molar-refractivity contribution in [3.8, 4) is 0 Å². The Morgan fingerprint density at radius 3 is 2.30 bits per heavy atom. The minimum Gasteiger partial charge on any atom is -0.352 e. The molecule has 0 saturated carbocycles. The van der Waals surface area contributed by atoms with E-state index in [0.29, 0.717) is 42.6 Å². The quantitative estimate of drug-likeness (QED) is 0.385. The Morgan fingerprint density at radius 2 is 1.57 bits per heavy atom. The van der Waals surface area contributed by atoms with E-state index in [9.17, 15) is 18.0 Å². The van der Waals surface area contributed by atoms with E-state index in [0.717, 1.165) is 10.0 Å². The molecule has 0 aromatic heterocycles. The van der Waals surface area contributed by atoms with Gasteiger partial charge in [-0.05, 0) is 54.7 Å². The summed E-state index contributed by atoms with van der Waals surface area (Å²) in [7, 11) is -3.48. The molecule has 0 radical (unpaired) electrons. The number of carbonyl (C=O) groups excluding carboxylic acids is 2. The number of hydrogen-bond acceptors (Lipinski definition) is 4. The first-order valence-electron chi connectivity index (χ1n) is 12.3. The van der Waals surface area contributed by atoms with Crippen LogP contribution in [-0.4, -0.2) is 44.2 Å². The van der Waals surface area contributed by atoms with Crippen molar-refractivity contribution in [2.24, 2.45) is 5.92 Å². The number of amides is 2. The van der Waals surface area contributed by atoms with Gasteiger partial charge in [0.2, 0.25) is 15.9 Å². The molecular weight excluding hydrogens is 554 g/mol. The van der Waals surface area contributed by atoms with Crippen molar-refractivity contribution >= 4 is 43.5 Å². The Hall–Kier alpha value is -3.01. The van der Waals surface area contributed by atoms with Crippen molar-refractivity contribution in [1.29, 1.82) is 0 Å². The van der Waals surface area contributed by atoms with E-state index in [1.54, 1.807) is 36.4 Å². The molecule has 0 spiro atoms. The van der Waals surface area contributed by atoms with Crippen LogP contribution in [0.3, 0.4) is 0 Å². The number of rotatable bonds is 9. The molecule has 0 bridgehead atoms. The molecule has 3 aromatic carbocycles. The van der Waals surface area contributed by atoms with E-state index in [1.807, 2.05) is 42.5 Å². The molecule has 1 aliphatic heterocycles. The van der Waals surface area contributed by atoms with Crippen LogP contribution in [-0.2, 0) is 27.0 Å². The minimum absolute atomic E-state index is 0.0734. The highest BCUT2D eigenvalue weighted by Crippen LogP contribution is 2.25. The average molecular weight is 585 g/mol. The second-order valence-corrected chi connectivity index (χ2v) is 12.0. The van der Waals surface area contributed by atoms with Gasteiger partial charge in [-0.2, -0.15) is 0 Å². The lowest BCUT2D eigenvalue weighted by molar-refractivity contribution is -0.120. The normalized spacial score (nSPS) is 14.7. The Labute approximate surface area is 226 Å². The second-order valence-electron chi connectivity index (χ2n) is 9.09. The standard InChI is InChI=1S/C28H30BrN3O4S/c29-24-10-6-9-22(19-24)20-37(35,36)32-17-14-23(15-18-32)27(33)31-26-12-5-4-11-25(26)28(34)30-16-13-21-7-2-1-3-8-21/h1-12,19,23H,13-18,20H2,(H,30,34)(H,31,33). The second kappa shape index (κ2) is 12.5. The van der Waals surface area contributed by atoms with Crippen molar-refractivity contribution in [2.45, 2.75) is 25.0 Å². The van der Waals surface area contributed by atoms with Gasteiger partial charge >= 0.3 is 0 Å². The maximum atomic E-state index is 13.0. The highest BCUT2D eigenvalue weighted by atomic mass is 79.9. The van der Waals surface area contributed by atoms with Crippen molar-refractivity contribution in [3.63, 3.8) is 0 Å². The summed E-state index contributed by atoms with van der Waals surface area (Å²) in [6.45, 7) is 1.06. The lowest BCUT2D eigenvalue weighted by Crippen LogP contribution is -2.42. The minimum atomic E-state index is -3.48. The number of halogens is 1. The van der Waals surface area contributed by atoms with Crippen LogP contribution in [0.15, 0.2) is 83.3 Å². The van der Waals surface area contributed by atoms with E-state index >= 15 is 0 Å². The zero-order valence-electron chi connectivity index (χ0n) is 20.4. The summed E-state index contributed by atoms with van der Waals surface area (Å²) in [5.74, 6) is -0.851. The first-order valence-corrected chi connectivity index (χ1v) is 14.7. The van der Waals surface area contributed by atoms with E-state index < -0.39 is 10.0 Å². The molecule has 3 aromatic rings. The zero-order chi connectivity index (χ0) is 26.3. The predicted molar refractivity (Wildman–Crippen MR) is 149 cm³/mol. The number of piperidine rings is 1. The fraction of sp³-hybridized carbons (Fsp3) is 0.286. The van der Waals surface area contributed by atoms with Crippen LogP contribution in [0, 0.1) is 5.92 Å². The van der Waals surface area contributed by atoms with Crippen molar-refractivity contribution in [2.75, 3.05) is 25.0 Å². The molecule has 1 saturated heterocycles. The summed E-state index contributed by atoms with van der Waals surface area (Å²) in [6.07, 6.45) is 1.56. The van der Waals surface area contributed by atoms with E-state index in [1.165, 1.54) is 4.31 Å². The molecule has 2 N–H and O–H groups in total. The number of carbonyl (C=O) groups is 2. The molecule has 4 rings (SSSR count). The van der Waals surface area contributed by atoms with Crippen LogP contribution in [0.2, 0.25) is 0 Å². The molecule has 194 valence electrons. The summed E-state index contributed by atoms with van der Waals surface area (Å²) in [6, 6.07) is 24.1. The SMILES string of the molecule is O=C(NCCc1ccccc1)c1ccccc1NC(=O)C1CCN(S(=O)(=O)Cc2cccc(Br)c2)CC1. The molecule has 2 amide bonds. The number of nitrogens with one attached hydrogen (secondary N) is 2. The lowest BCUT2D eigenvalue weighted by Gasteiger charge is -2.30. The van der Waals surface area contributed by atoms with Crippen LogP contribution < -0.4 is 10.6 Å². The van der Waals surface area contributed by atoms with Gasteiger partial charge in [-0.1, -0.05) is 70.5 Å². The van der Waals surface area contributed by atoms with E-state index in [2.05, 4.69) is 26.6 Å². The largest absolute Gasteiger partial charge is 0.352 e. The Kier molecular flexibility index (Phi) is 9.13. The number of para-hydroxylation sites is 1. The summed E-state index contributed by atoms with van der Waals surface area (Å²) in [5.41, 5.74) is 2.70. The number of sulfonamides is 1. The number of nitrogens with zero attached hydrogens (tertiary/aromatic N) is 1. The maximum Gasteiger partial charge on any atom is 0.253 e. The molecule has 9 heteroatoms.